The lowest BCUT2D eigenvalue weighted by atomic mass is 9.97. The highest BCUT2D eigenvalue weighted by molar-refractivity contribution is 5.43. The molecule has 0 aliphatic carbocycles. The highest BCUT2D eigenvalue weighted by atomic mass is 15.1. The Morgan fingerprint density at radius 1 is 1.23 bits per heavy atom. The highest BCUT2D eigenvalue weighted by Crippen LogP contribution is 2.24. The van der Waals surface area contributed by atoms with Crippen molar-refractivity contribution in [3.05, 3.63) is 70.1 Å². The molecular formula is C24H38N2. The number of hydrogen-bond donors (Lipinski definition) is 1. The van der Waals surface area contributed by atoms with Crippen LogP contribution < -0.4 is 5.73 Å². The predicted molar refractivity (Wildman–Crippen MR) is 116 cm³/mol. The van der Waals surface area contributed by atoms with E-state index in [-0.39, 0.29) is 0 Å². The smallest absolute Gasteiger partial charge is 0.0393 e. The number of allylic oxidation sites excluding steroid dienone is 4. The van der Waals surface area contributed by atoms with Crippen molar-refractivity contribution in [2.75, 3.05) is 13.1 Å². The van der Waals surface area contributed by atoms with Crippen molar-refractivity contribution in [3.8, 4) is 0 Å². The standard InChI is InChI=1S/C24H38N2/c1-8-12-23(24(25)19(5)10-3)21(7)26(15-9-2)17-20(6)22-14-11-13-18(4)16-22/h8,11-14,16,20H,9-10,15,17,25H2,1-7H3/b12-8-,23-21+,24-19-. The maximum absolute atomic E-state index is 6.50. The molecule has 0 aliphatic heterocycles. The van der Waals surface area contributed by atoms with Gasteiger partial charge in [-0.1, -0.05) is 62.8 Å². The molecule has 144 valence electrons. The third kappa shape index (κ3) is 6.09. The Kier molecular flexibility index (Phi) is 9.26. The second kappa shape index (κ2) is 10.9. The fourth-order valence-corrected chi connectivity index (χ4v) is 3.24. The monoisotopic (exact) mass is 354 g/mol. The van der Waals surface area contributed by atoms with Gasteiger partial charge in [0, 0.05) is 30.1 Å². The van der Waals surface area contributed by atoms with Crippen molar-refractivity contribution in [1.29, 1.82) is 0 Å². The largest absolute Gasteiger partial charge is 0.398 e. The first-order chi connectivity index (χ1) is 12.3. The first kappa shape index (κ1) is 22.1. The molecule has 0 saturated heterocycles. The van der Waals surface area contributed by atoms with Gasteiger partial charge in [0.15, 0.2) is 0 Å². The van der Waals surface area contributed by atoms with Crippen LogP contribution in [-0.2, 0) is 0 Å². The molecule has 1 rings (SSSR count). The Morgan fingerprint density at radius 3 is 2.46 bits per heavy atom. The minimum Gasteiger partial charge on any atom is -0.398 e. The van der Waals surface area contributed by atoms with E-state index < -0.39 is 0 Å². The fraction of sp³-hybridized carbons (Fsp3) is 0.500. The molecule has 1 aromatic rings. The summed E-state index contributed by atoms with van der Waals surface area (Å²) in [6, 6.07) is 8.86. The Balaban J connectivity index is 3.23. The van der Waals surface area contributed by atoms with Crippen LogP contribution in [0.4, 0.5) is 0 Å². The summed E-state index contributed by atoms with van der Waals surface area (Å²) in [5.41, 5.74) is 13.8. The second-order valence-corrected chi connectivity index (χ2v) is 7.31. The highest BCUT2D eigenvalue weighted by Gasteiger charge is 2.16. The van der Waals surface area contributed by atoms with Crippen LogP contribution in [0.1, 0.15) is 71.4 Å². The van der Waals surface area contributed by atoms with E-state index in [0.29, 0.717) is 5.92 Å². The quantitative estimate of drug-likeness (QED) is 0.527. The summed E-state index contributed by atoms with van der Waals surface area (Å²) in [5, 5.41) is 0. The van der Waals surface area contributed by atoms with Crippen LogP contribution in [0.3, 0.4) is 0 Å². The van der Waals surface area contributed by atoms with Crippen LogP contribution in [0, 0.1) is 6.92 Å². The third-order valence-electron chi connectivity index (χ3n) is 5.08. The zero-order valence-corrected chi connectivity index (χ0v) is 17.9. The lowest BCUT2D eigenvalue weighted by molar-refractivity contribution is 0.325. The van der Waals surface area contributed by atoms with Gasteiger partial charge in [0.05, 0.1) is 0 Å². The van der Waals surface area contributed by atoms with Crippen molar-refractivity contribution >= 4 is 0 Å². The molecule has 0 fully saturated rings. The van der Waals surface area contributed by atoms with E-state index in [0.717, 1.165) is 37.2 Å². The van der Waals surface area contributed by atoms with Crippen LogP contribution in [0.25, 0.3) is 0 Å². The van der Waals surface area contributed by atoms with Gasteiger partial charge in [0.2, 0.25) is 0 Å². The van der Waals surface area contributed by atoms with Crippen LogP contribution in [0.5, 0.6) is 0 Å². The Hall–Kier alpha value is -1.96. The topological polar surface area (TPSA) is 29.3 Å². The third-order valence-corrected chi connectivity index (χ3v) is 5.08. The minimum absolute atomic E-state index is 0.473. The van der Waals surface area contributed by atoms with Crippen LogP contribution in [0.15, 0.2) is 59.0 Å². The molecule has 2 heteroatoms. The van der Waals surface area contributed by atoms with Crippen molar-refractivity contribution in [2.24, 2.45) is 5.73 Å². The zero-order chi connectivity index (χ0) is 19.7. The minimum atomic E-state index is 0.473. The van der Waals surface area contributed by atoms with Crippen molar-refractivity contribution < 1.29 is 0 Å². The molecule has 0 spiro atoms. The Labute approximate surface area is 161 Å². The molecule has 2 N–H and O–H groups in total. The number of nitrogens with two attached hydrogens (primary N) is 1. The summed E-state index contributed by atoms with van der Waals surface area (Å²) < 4.78 is 0. The summed E-state index contributed by atoms with van der Waals surface area (Å²) in [6.07, 6.45) is 6.34. The van der Waals surface area contributed by atoms with E-state index in [1.165, 1.54) is 22.4 Å². The molecule has 26 heavy (non-hydrogen) atoms. The van der Waals surface area contributed by atoms with E-state index >= 15 is 0 Å². The molecular weight excluding hydrogens is 316 g/mol. The van der Waals surface area contributed by atoms with Gasteiger partial charge < -0.3 is 10.6 Å². The summed E-state index contributed by atoms with van der Waals surface area (Å²) >= 11 is 0. The molecule has 0 aromatic heterocycles. The molecule has 0 amide bonds. The van der Waals surface area contributed by atoms with Gasteiger partial charge in [0.25, 0.3) is 0 Å². The van der Waals surface area contributed by atoms with Gasteiger partial charge in [0.1, 0.15) is 0 Å². The molecule has 0 saturated carbocycles. The van der Waals surface area contributed by atoms with Crippen LogP contribution >= 0.6 is 0 Å². The van der Waals surface area contributed by atoms with Gasteiger partial charge in [-0.3, -0.25) is 0 Å². The number of aryl methyl sites for hydroxylation is 1. The number of rotatable bonds is 9. The molecule has 2 nitrogen and oxygen atoms in total. The Morgan fingerprint density at radius 2 is 1.92 bits per heavy atom. The molecule has 0 bridgehead atoms. The lowest BCUT2D eigenvalue weighted by Crippen LogP contribution is -2.29. The molecule has 0 radical (unpaired) electrons. The van der Waals surface area contributed by atoms with Gasteiger partial charge in [-0.15, -0.1) is 0 Å². The fourth-order valence-electron chi connectivity index (χ4n) is 3.24. The molecule has 0 heterocycles. The maximum Gasteiger partial charge on any atom is 0.0393 e. The van der Waals surface area contributed by atoms with Gasteiger partial charge in [-0.2, -0.15) is 0 Å². The van der Waals surface area contributed by atoms with E-state index in [9.17, 15) is 0 Å². The summed E-state index contributed by atoms with van der Waals surface area (Å²) in [5.74, 6) is 0.473. The molecule has 1 unspecified atom stereocenters. The average molecular weight is 355 g/mol. The number of nitrogens with zero attached hydrogens (tertiary/aromatic N) is 1. The Bertz CT molecular complexity index is 665. The maximum atomic E-state index is 6.50. The zero-order valence-electron chi connectivity index (χ0n) is 17.9. The molecule has 1 aromatic carbocycles. The van der Waals surface area contributed by atoms with Gasteiger partial charge >= 0.3 is 0 Å². The second-order valence-electron chi connectivity index (χ2n) is 7.31. The van der Waals surface area contributed by atoms with Crippen molar-refractivity contribution in [1.82, 2.24) is 4.90 Å². The van der Waals surface area contributed by atoms with Gasteiger partial charge in [-0.25, -0.2) is 0 Å². The number of hydrogen-bond acceptors (Lipinski definition) is 2. The van der Waals surface area contributed by atoms with Crippen molar-refractivity contribution in [2.45, 2.75) is 67.2 Å². The first-order valence-electron chi connectivity index (χ1n) is 9.96. The predicted octanol–water partition coefficient (Wildman–Crippen LogP) is 6.30. The van der Waals surface area contributed by atoms with E-state index in [1.54, 1.807) is 0 Å². The van der Waals surface area contributed by atoms with Crippen LogP contribution in [-0.4, -0.2) is 18.0 Å². The summed E-state index contributed by atoms with van der Waals surface area (Å²) in [6.45, 7) is 17.3. The van der Waals surface area contributed by atoms with Gasteiger partial charge in [-0.05, 0) is 57.6 Å². The normalized spacial score (nSPS) is 14.9. The number of benzene rings is 1. The van der Waals surface area contributed by atoms with E-state index in [4.69, 9.17) is 5.73 Å². The molecule has 1 atom stereocenters. The summed E-state index contributed by atoms with van der Waals surface area (Å²) in [4.78, 5) is 2.50. The van der Waals surface area contributed by atoms with E-state index in [2.05, 4.69) is 89.8 Å². The van der Waals surface area contributed by atoms with Crippen LogP contribution in [0.2, 0.25) is 0 Å². The van der Waals surface area contributed by atoms with Crippen molar-refractivity contribution in [3.63, 3.8) is 0 Å². The first-order valence-corrected chi connectivity index (χ1v) is 9.96. The summed E-state index contributed by atoms with van der Waals surface area (Å²) in [7, 11) is 0. The lowest BCUT2D eigenvalue weighted by Gasteiger charge is -2.30. The SMILES string of the molecule is C\C=C/C(C(/N)=C(\C)CC)=C(/C)N(CCC)CC(C)c1cccc(C)c1. The van der Waals surface area contributed by atoms with E-state index in [1.807, 2.05) is 0 Å². The molecule has 0 aliphatic rings. The average Bonchev–Trinajstić information content (AvgIpc) is 2.63.